The molecule has 0 radical (unpaired) electrons. The van der Waals surface area contributed by atoms with Crippen molar-refractivity contribution < 1.29 is 23.1 Å². The molecule has 0 saturated heterocycles. The Morgan fingerprint density at radius 3 is 2.38 bits per heavy atom. The van der Waals surface area contributed by atoms with Crippen LogP contribution in [0.15, 0.2) is 24.3 Å². The maximum absolute atomic E-state index is 12.4. The Morgan fingerprint density at radius 1 is 1.24 bits per heavy atom. The molecule has 118 valence electrons. The van der Waals surface area contributed by atoms with Gasteiger partial charge in [0.05, 0.1) is 20.3 Å². The molecule has 0 aromatic heterocycles. The van der Waals surface area contributed by atoms with E-state index in [0.29, 0.717) is 11.4 Å². The number of ether oxygens (including phenoxy) is 1. The van der Waals surface area contributed by atoms with E-state index in [0.717, 1.165) is 0 Å². The van der Waals surface area contributed by atoms with Gasteiger partial charge in [0.2, 0.25) is 5.91 Å². The minimum Gasteiger partial charge on any atom is -0.497 e. The number of methoxy groups -OCH3 is 1. The molecule has 0 bridgehead atoms. The van der Waals surface area contributed by atoms with Gasteiger partial charge < -0.3 is 18.7 Å². The van der Waals surface area contributed by atoms with E-state index in [-0.39, 0.29) is 25.3 Å². The normalized spacial score (nSPS) is 11.2. The molecule has 0 fully saturated rings. The minimum absolute atomic E-state index is 0.230. The Kier molecular flexibility index (Phi) is 6.89. The van der Waals surface area contributed by atoms with Gasteiger partial charge in [0, 0.05) is 18.8 Å². The lowest BCUT2D eigenvalue weighted by Gasteiger charge is -2.21. The SMILES string of the molecule is CCOP(=O)(CC(=O)N(C)c1cccc(OC)c1)OCC. The molecule has 21 heavy (non-hydrogen) atoms. The molecule has 1 amide bonds. The maximum atomic E-state index is 12.4. The van der Waals surface area contributed by atoms with Crippen molar-refractivity contribution in [2.45, 2.75) is 13.8 Å². The third-order valence-corrected chi connectivity index (χ3v) is 4.76. The Bertz CT molecular complexity index is 510. The average Bonchev–Trinajstić information content (AvgIpc) is 2.46. The van der Waals surface area contributed by atoms with Crippen LogP contribution in [0.25, 0.3) is 0 Å². The predicted molar refractivity (Wildman–Crippen MR) is 82.1 cm³/mol. The molecule has 1 rings (SSSR count). The summed E-state index contributed by atoms with van der Waals surface area (Å²) in [6.45, 7) is 3.88. The number of nitrogens with zero attached hydrogens (tertiary/aromatic N) is 1. The number of hydrogen-bond acceptors (Lipinski definition) is 5. The van der Waals surface area contributed by atoms with Gasteiger partial charge in [0.1, 0.15) is 11.9 Å². The van der Waals surface area contributed by atoms with Crippen LogP contribution in [0, 0.1) is 0 Å². The van der Waals surface area contributed by atoms with Crippen LogP contribution in [-0.2, 0) is 18.4 Å². The van der Waals surface area contributed by atoms with Gasteiger partial charge in [0.15, 0.2) is 0 Å². The molecule has 7 heteroatoms. The summed E-state index contributed by atoms with van der Waals surface area (Å²) < 4.78 is 27.8. The highest BCUT2D eigenvalue weighted by Gasteiger charge is 2.29. The summed E-state index contributed by atoms with van der Waals surface area (Å²) in [4.78, 5) is 13.7. The second-order valence-corrected chi connectivity index (χ2v) is 6.31. The zero-order valence-electron chi connectivity index (χ0n) is 12.9. The number of carbonyl (C=O) groups excluding carboxylic acids is 1. The zero-order chi connectivity index (χ0) is 15.9. The summed E-state index contributed by atoms with van der Waals surface area (Å²) in [6.07, 6.45) is -0.289. The molecule has 6 nitrogen and oxygen atoms in total. The molecule has 1 aromatic carbocycles. The van der Waals surface area contributed by atoms with Crippen molar-refractivity contribution in [2.24, 2.45) is 0 Å². The molecule has 1 aromatic rings. The predicted octanol–water partition coefficient (Wildman–Crippen LogP) is 2.92. The first-order chi connectivity index (χ1) is 9.95. The van der Waals surface area contributed by atoms with E-state index in [1.807, 2.05) is 0 Å². The van der Waals surface area contributed by atoms with Crippen LogP contribution >= 0.6 is 7.60 Å². The zero-order valence-corrected chi connectivity index (χ0v) is 13.8. The molecule has 0 aliphatic heterocycles. The number of amides is 1. The lowest BCUT2D eigenvalue weighted by Crippen LogP contribution is -2.29. The summed E-state index contributed by atoms with van der Waals surface area (Å²) in [5.74, 6) is 0.304. The number of hydrogen-bond donors (Lipinski definition) is 0. The first-order valence-corrected chi connectivity index (χ1v) is 8.47. The fourth-order valence-corrected chi connectivity index (χ4v) is 3.34. The summed E-state index contributed by atoms with van der Waals surface area (Å²) in [7, 11) is -0.226. The van der Waals surface area contributed by atoms with Gasteiger partial charge in [-0.3, -0.25) is 9.36 Å². The fourth-order valence-electron chi connectivity index (χ4n) is 1.76. The topological polar surface area (TPSA) is 65.1 Å². The molecule has 0 aliphatic rings. The second-order valence-electron chi connectivity index (χ2n) is 4.26. The highest BCUT2D eigenvalue weighted by molar-refractivity contribution is 7.54. The van der Waals surface area contributed by atoms with E-state index in [1.165, 1.54) is 4.90 Å². The molecule has 0 spiro atoms. The lowest BCUT2D eigenvalue weighted by molar-refractivity contribution is -0.116. The Labute approximate surface area is 125 Å². The summed E-state index contributed by atoms with van der Waals surface area (Å²) >= 11 is 0. The monoisotopic (exact) mass is 315 g/mol. The van der Waals surface area contributed by atoms with Crippen LogP contribution in [0.4, 0.5) is 5.69 Å². The fraction of sp³-hybridized carbons (Fsp3) is 0.500. The average molecular weight is 315 g/mol. The maximum Gasteiger partial charge on any atom is 0.340 e. The van der Waals surface area contributed by atoms with Crippen LogP contribution in [-0.4, -0.2) is 39.4 Å². The summed E-state index contributed by atoms with van der Waals surface area (Å²) in [5.41, 5.74) is 0.652. The highest BCUT2D eigenvalue weighted by atomic mass is 31.2. The van der Waals surface area contributed by atoms with Crippen LogP contribution in [0.2, 0.25) is 0 Å². The molecule has 0 N–H and O–H groups in total. The highest BCUT2D eigenvalue weighted by Crippen LogP contribution is 2.48. The molecule has 0 unspecified atom stereocenters. The van der Waals surface area contributed by atoms with E-state index >= 15 is 0 Å². The minimum atomic E-state index is -3.39. The number of anilines is 1. The number of benzene rings is 1. The summed E-state index contributed by atoms with van der Waals surface area (Å²) in [5, 5.41) is 0. The van der Waals surface area contributed by atoms with Gasteiger partial charge in [-0.2, -0.15) is 0 Å². The van der Waals surface area contributed by atoms with Crippen LogP contribution < -0.4 is 9.64 Å². The third-order valence-electron chi connectivity index (χ3n) is 2.80. The van der Waals surface area contributed by atoms with Gasteiger partial charge in [-0.25, -0.2) is 0 Å². The smallest absolute Gasteiger partial charge is 0.340 e. The van der Waals surface area contributed by atoms with Crippen molar-refractivity contribution in [3.05, 3.63) is 24.3 Å². The van der Waals surface area contributed by atoms with E-state index in [2.05, 4.69) is 0 Å². The van der Waals surface area contributed by atoms with Crippen molar-refractivity contribution in [2.75, 3.05) is 38.4 Å². The first-order valence-electron chi connectivity index (χ1n) is 6.74. The quantitative estimate of drug-likeness (QED) is 0.690. The Balaban J connectivity index is 2.83. The van der Waals surface area contributed by atoms with Gasteiger partial charge in [0.25, 0.3) is 0 Å². The largest absolute Gasteiger partial charge is 0.497 e. The number of carbonyl (C=O) groups is 1. The van der Waals surface area contributed by atoms with Gasteiger partial charge >= 0.3 is 7.60 Å². The lowest BCUT2D eigenvalue weighted by atomic mass is 10.3. The van der Waals surface area contributed by atoms with E-state index in [1.54, 1.807) is 52.3 Å². The van der Waals surface area contributed by atoms with E-state index < -0.39 is 7.60 Å². The van der Waals surface area contributed by atoms with Crippen LogP contribution in [0.3, 0.4) is 0 Å². The van der Waals surface area contributed by atoms with Crippen molar-refractivity contribution in [3.8, 4) is 5.75 Å². The molecule has 0 aliphatic carbocycles. The van der Waals surface area contributed by atoms with Crippen molar-refractivity contribution in [3.63, 3.8) is 0 Å². The molecule has 0 saturated carbocycles. The molecular formula is C14H22NO5P. The molecule has 0 atom stereocenters. The summed E-state index contributed by atoms with van der Waals surface area (Å²) in [6, 6.07) is 7.06. The van der Waals surface area contributed by atoms with Crippen molar-refractivity contribution >= 4 is 19.2 Å². The third kappa shape index (κ3) is 5.16. The van der Waals surface area contributed by atoms with Crippen molar-refractivity contribution in [1.82, 2.24) is 0 Å². The van der Waals surface area contributed by atoms with Gasteiger partial charge in [-0.05, 0) is 26.0 Å². The number of rotatable bonds is 8. The van der Waals surface area contributed by atoms with Gasteiger partial charge in [-0.15, -0.1) is 0 Å². The standard InChI is InChI=1S/C14H22NO5P/c1-5-19-21(17,20-6-2)11-14(16)15(3)12-8-7-9-13(10-12)18-4/h7-10H,5-6,11H2,1-4H3. The van der Waals surface area contributed by atoms with E-state index in [4.69, 9.17) is 13.8 Å². The van der Waals surface area contributed by atoms with Gasteiger partial charge in [-0.1, -0.05) is 6.07 Å². The van der Waals surface area contributed by atoms with Crippen LogP contribution in [0.1, 0.15) is 13.8 Å². The molecular weight excluding hydrogens is 293 g/mol. The second kappa shape index (κ2) is 8.17. The Hall–Kier alpha value is -1.36. The van der Waals surface area contributed by atoms with Crippen LogP contribution in [0.5, 0.6) is 5.75 Å². The van der Waals surface area contributed by atoms with E-state index in [9.17, 15) is 9.36 Å². The Morgan fingerprint density at radius 2 is 1.86 bits per heavy atom. The van der Waals surface area contributed by atoms with Crippen molar-refractivity contribution in [1.29, 1.82) is 0 Å². The first kappa shape index (κ1) is 17.7. The molecule has 0 heterocycles.